The van der Waals surface area contributed by atoms with E-state index in [9.17, 15) is 5.26 Å². The molecule has 0 N–H and O–H groups in total. The van der Waals surface area contributed by atoms with E-state index in [1.54, 1.807) is 19.1 Å². The minimum absolute atomic E-state index is 0.708. The first-order chi connectivity index (χ1) is 13.2. The van der Waals surface area contributed by atoms with Crippen molar-refractivity contribution >= 4 is 28.5 Å². The van der Waals surface area contributed by atoms with E-state index in [4.69, 9.17) is 4.74 Å². The van der Waals surface area contributed by atoms with Gasteiger partial charge in [0, 0.05) is 42.7 Å². The molecule has 138 valence electrons. The van der Waals surface area contributed by atoms with Crippen LogP contribution in [-0.4, -0.2) is 49.2 Å². The lowest BCUT2D eigenvalue weighted by Gasteiger charge is -2.34. The van der Waals surface area contributed by atoms with Gasteiger partial charge in [0.15, 0.2) is 0 Å². The summed E-state index contributed by atoms with van der Waals surface area (Å²) in [6, 6.07) is 16.4. The fourth-order valence-corrected chi connectivity index (χ4v) is 4.35. The molecule has 0 spiro atoms. The van der Waals surface area contributed by atoms with Crippen LogP contribution in [0, 0.1) is 11.3 Å². The molecule has 6 heteroatoms. The molecule has 3 aromatic rings. The summed E-state index contributed by atoms with van der Waals surface area (Å²) in [4.78, 5) is 5.88. The quantitative estimate of drug-likeness (QED) is 0.690. The van der Waals surface area contributed by atoms with Crippen molar-refractivity contribution in [2.45, 2.75) is 4.90 Å². The van der Waals surface area contributed by atoms with Gasteiger partial charge in [-0.2, -0.15) is 5.26 Å². The molecule has 0 aliphatic carbocycles. The van der Waals surface area contributed by atoms with E-state index in [0.29, 0.717) is 5.56 Å². The van der Waals surface area contributed by atoms with Crippen molar-refractivity contribution in [3.05, 3.63) is 54.2 Å². The topological polar surface area (TPSA) is 44.4 Å². The van der Waals surface area contributed by atoms with Gasteiger partial charge in [-0.15, -0.1) is 0 Å². The number of hydrogen-bond acceptors (Lipinski definition) is 5. The maximum absolute atomic E-state index is 9.30. The Hall–Kier alpha value is -2.62. The monoisotopic (exact) mass is 378 g/mol. The molecule has 27 heavy (non-hydrogen) atoms. The normalized spacial score (nSPS) is 15.1. The Labute approximate surface area is 163 Å². The van der Waals surface area contributed by atoms with Crippen molar-refractivity contribution in [3.63, 3.8) is 0 Å². The van der Waals surface area contributed by atoms with Gasteiger partial charge < -0.3 is 14.5 Å². The highest BCUT2D eigenvalue weighted by Gasteiger charge is 2.18. The van der Waals surface area contributed by atoms with E-state index in [1.807, 2.05) is 36.5 Å². The van der Waals surface area contributed by atoms with E-state index in [0.717, 1.165) is 53.4 Å². The Morgan fingerprint density at radius 1 is 1.07 bits per heavy atom. The molecule has 2 heterocycles. The van der Waals surface area contributed by atoms with Crippen LogP contribution in [0.4, 0.5) is 5.69 Å². The molecule has 0 atom stereocenters. The Morgan fingerprint density at radius 3 is 2.63 bits per heavy atom. The van der Waals surface area contributed by atoms with Crippen molar-refractivity contribution in [2.24, 2.45) is 0 Å². The molecule has 1 fully saturated rings. The molecule has 5 nitrogen and oxygen atoms in total. The number of hydrogen-bond donors (Lipinski definition) is 0. The highest BCUT2D eigenvalue weighted by atomic mass is 32.2. The van der Waals surface area contributed by atoms with Gasteiger partial charge in [-0.1, -0.05) is 6.07 Å². The molecule has 0 unspecified atom stereocenters. The third kappa shape index (κ3) is 3.48. The van der Waals surface area contributed by atoms with Crippen LogP contribution in [0.3, 0.4) is 0 Å². The van der Waals surface area contributed by atoms with Crippen molar-refractivity contribution in [2.75, 3.05) is 45.2 Å². The first kappa shape index (κ1) is 17.8. The molecule has 0 amide bonds. The molecule has 1 aromatic heterocycles. The minimum atomic E-state index is 0.708. The number of benzene rings is 2. The molecule has 2 aromatic carbocycles. The zero-order chi connectivity index (χ0) is 18.8. The van der Waals surface area contributed by atoms with Crippen molar-refractivity contribution in [3.8, 4) is 11.8 Å². The first-order valence-corrected chi connectivity index (χ1v) is 9.77. The van der Waals surface area contributed by atoms with E-state index in [-0.39, 0.29) is 0 Å². The number of methoxy groups -OCH3 is 1. The van der Waals surface area contributed by atoms with Crippen LogP contribution in [0.2, 0.25) is 0 Å². The fraction of sp³-hybridized carbons (Fsp3) is 0.286. The molecule has 1 saturated heterocycles. The number of piperazine rings is 1. The number of fused-ring (bicyclic) bond motifs is 1. The summed E-state index contributed by atoms with van der Waals surface area (Å²) in [7, 11) is 3.89. The van der Waals surface area contributed by atoms with Crippen LogP contribution in [0.25, 0.3) is 10.9 Å². The van der Waals surface area contributed by atoms with Crippen LogP contribution in [0.5, 0.6) is 5.75 Å². The summed E-state index contributed by atoms with van der Waals surface area (Å²) in [5.74, 6) is 0.910. The van der Waals surface area contributed by atoms with Crippen molar-refractivity contribution < 1.29 is 4.74 Å². The zero-order valence-corrected chi connectivity index (χ0v) is 16.4. The summed E-state index contributed by atoms with van der Waals surface area (Å²) in [5, 5.41) is 10.3. The summed E-state index contributed by atoms with van der Waals surface area (Å²) < 4.78 is 7.73. The lowest BCUT2D eigenvalue weighted by atomic mass is 10.1. The van der Waals surface area contributed by atoms with Crippen LogP contribution < -0.4 is 9.64 Å². The molecule has 1 aliphatic rings. The number of anilines is 1. The smallest absolute Gasteiger partial charge is 0.142 e. The van der Waals surface area contributed by atoms with Gasteiger partial charge in [-0.3, -0.25) is 3.97 Å². The second-order valence-electron chi connectivity index (χ2n) is 6.71. The van der Waals surface area contributed by atoms with Crippen LogP contribution in [0.1, 0.15) is 5.56 Å². The fourth-order valence-electron chi connectivity index (χ4n) is 3.45. The first-order valence-electron chi connectivity index (χ1n) is 8.99. The molecule has 0 bridgehead atoms. The molecule has 0 saturated carbocycles. The lowest BCUT2D eigenvalue weighted by Crippen LogP contribution is -2.44. The lowest BCUT2D eigenvalue weighted by molar-refractivity contribution is 0.311. The van der Waals surface area contributed by atoms with Crippen molar-refractivity contribution in [1.29, 1.82) is 5.26 Å². The van der Waals surface area contributed by atoms with Gasteiger partial charge >= 0.3 is 0 Å². The maximum Gasteiger partial charge on any atom is 0.142 e. The Kier molecular flexibility index (Phi) is 4.97. The SMILES string of the molecule is COc1ccc(Sn2ccc3c(C#N)cccc32)cc1N1CCN(C)CC1. The molecule has 1 aliphatic heterocycles. The van der Waals surface area contributed by atoms with Crippen molar-refractivity contribution in [1.82, 2.24) is 8.87 Å². The van der Waals surface area contributed by atoms with Gasteiger partial charge in [0.2, 0.25) is 0 Å². The highest BCUT2D eigenvalue weighted by Crippen LogP contribution is 2.35. The predicted octanol–water partition coefficient (Wildman–Crippen LogP) is 3.83. The van der Waals surface area contributed by atoms with E-state index >= 15 is 0 Å². The van der Waals surface area contributed by atoms with E-state index < -0.39 is 0 Å². The summed E-state index contributed by atoms with van der Waals surface area (Å²) in [5.41, 5.74) is 2.90. The van der Waals surface area contributed by atoms with Gasteiger partial charge in [0.05, 0.1) is 29.9 Å². The van der Waals surface area contributed by atoms with Gasteiger partial charge in [-0.25, -0.2) is 0 Å². The molecular formula is C21H22N4OS. The Balaban J connectivity index is 1.65. The number of likely N-dealkylation sites (N-methyl/N-ethyl adjacent to an activating group) is 1. The van der Waals surface area contributed by atoms with Gasteiger partial charge in [0.25, 0.3) is 0 Å². The van der Waals surface area contributed by atoms with Crippen LogP contribution in [0.15, 0.2) is 53.6 Å². The van der Waals surface area contributed by atoms with E-state index in [2.05, 4.69) is 39.0 Å². The van der Waals surface area contributed by atoms with Crippen LogP contribution in [-0.2, 0) is 0 Å². The van der Waals surface area contributed by atoms with E-state index in [1.165, 1.54) is 0 Å². The summed E-state index contributed by atoms with van der Waals surface area (Å²) in [6.07, 6.45) is 2.02. The van der Waals surface area contributed by atoms with Gasteiger partial charge in [0.1, 0.15) is 5.75 Å². The standard InChI is InChI=1S/C21H22N4OS/c1-23-10-12-24(13-11-23)20-14-17(6-7-21(20)26-2)27-25-9-8-18-16(15-22)4-3-5-19(18)25/h3-9,14H,10-13H2,1-2H3. The number of aromatic nitrogens is 1. The maximum atomic E-state index is 9.30. The minimum Gasteiger partial charge on any atom is -0.495 e. The average Bonchev–Trinajstić information content (AvgIpc) is 3.11. The third-order valence-electron chi connectivity index (χ3n) is 5.02. The average molecular weight is 379 g/mol. The summed E-state index contributed by atoms with van der Waals surface area (Å²) >= 11 is 1.66. The number of nitrogens with zero attached hydrogens (tertiary/aromatic N) is 4. The number of ether oxygens (including phenoxy) is 1. The second-order valence-corrected chi connectivity index (χ2v) is 7.75. The van der Waals surface area contributed by atoms with Gasteiger partial charge in [-0.05, 0) is 55.4 Å². The molecule has 4 rings (SSSR count). The Morgan fingerprint density at radius 2 is 1.89 bits per heavy atom. The predicted molar refractivity (Wildman–Crippen MR) is 111 cm³/mol. The number of nitriles is 1. The second kappa shape index (κ2) is 7.55. The molecular weight excluding hydrogens is 356 g/mol. The highest BCUT2D eigenvalue weighted by molar-refractivity contribution is 7.98. The van der Waals surface area contributed by atoms with Crippen LogP contribution >= 0.6 is 11.9 Å². The Bertz CT molecular complexity index is 999. The largest absolute Gasteiger partial charge is 0.495 e. The molecule has 0 radical (unpaired) electrons. The summed E-state index contributed by atoms with van der Waals surface area (Å²) in [6.45, 7) is 4.11. The third-order valence-corrected chi connectivity index (χ3v) is 6.00. The number of rotatable bonds is 4. The zero-order valence-electron chi connectivity index (χ0n) is 15.6.